The van der Waals surface area contributed by atoms with Crippen molar-refractivity contribution < 1.29 is 14.7 Å². The maximum atomic E-state index is 12.5. The zero-order chi connectivity index (χ0) is 19.2. The van der Waals surface area contributed by atoms with E-state index in [4.69, 9.17) is 0 Å². The number of carbonyl (C=O) groups excluding carboxylic acids is 1. The van der Waals surface area contributed by atoms with Gasteiger partial charge >= 0.3 is 5.97 Å². The van der Waals surface area contributed by atoms with Crippen LogP contribution >= 0.6 is 11.3 Å². The predicted octanol–water partition coefficient (Wildman–Crippen LogP) is 4.58. The molecule has 0 spiro atoms. The second-order valence-electron chi connectivity index (χ2n) is 5.92. The number of nitrogens with one attached hydrogen (secondary N) is 1. The van der Waals surface area contributed by atoms with Gasteiger partial charge in [0.25, 0.3) is 0 Å². The highest BCUT2D eigenvalue weighted by molar-refractivity contribution is 7.15. The molecule has 2 N–H and O–H groups in total. The molecule has 0 aliphatic heterocycles. The number of hydrogen-bond acceptors (Lipinski definition) is 4. The predicted molar refractivity (Wildman–Crippen MR) is 110 cm³/mol. The lowest BCUT2D eigenvalue weighted by atomic mass is 10.0. The molecule has 3 aromatic rings. The van der Waals surface area contributed by atoms with Crippen LogP contribution in [-0.2, 0) is 4.79 Å². The van der Waals surface area contributed by atoms with Crippen molar-refractivity contribution in [3.63, 3.8) is 0 Å². The summed E-state index contributed by atoms with van der Waals surface area (Å²) in [5, 5.41) is 14.6. The standard InChI is InChI=1S/C21H20N2O3S/c1-2-23(16-11-7-4-8-12-16)13-18(24)22-20-19(21(25)26)17(14-27-20)15-9-5-3-6-10-15/h3-12,14H,2,13H2,1H3,(H,22,24)(H,25,26). The number of thiophene rings is 1. The first-order valence-electron chi connectivity index (χ1n) is 8.60. The molecule has 0 aliphatic carbocycles. The Bertz CT molecular complexity index is 923. The van der Waals surface area contributed by atoms with Crippen LogP contribution in [0.5, 0.6) is 0 Å². The van der Waals surface area contributed by atoms with Gasteiger partial charge in [0.2, 0.25) is 5.91 Å². The van der Waals surface area contributed by atoms with Gasteiger partial charge in [-0.25, -0.2) is 4.79 Å². The molecule has 3 rings (SSSR count). The van der Waals surface area contributed by atoms with Gasteiger partial charge in [0.1, 0.15) is 10.6 Å². The summed E-state index contributed by atoms with van der Waals surface area (Å²) in [7, 11) is 0. The Hall–Kier alpha value is -3.12. The molecule has 1 aromatic heterocycles. The number of carbonyl (C=O) groups is 2. The van der Waals surface area contributed by atoms with Gasteiger partial charge in [-0.3, -0.25) is 4.79 Å². The minimum Gasteiger partial charge on any atom is -0.478 e. The SMILES string of the molecule is CCN(CC(=O)Nc1scc(-c2ccccc2)c1C(=O)O)c1ccccc1. The van der Waals surface area contributed by atoms with Crippen LogP contribution in [0, 0.1) is 0 Å². The Morgan fingerprint density at radius 1 is 1.04 bits per heavy atom. The second kappa shape index (κ2) is 8.51. The summed E-state index contributed by atoms with van der Waals surface area (Å²) in [4.78, 5) is 26.3. The molecule has 0 unspecified atom stereocenters. The molecule has 0 fully saturated rings. The van der Waals surface area contributed by atoms with Crippen molar-refractivity contribution in [1.82, 2.24) is 0 Å². The van der Waals surface area contributed by atoms with Crippen LogP contribution in [0.3, 0.4) is 0 Å². The van der Waals surface area contributed by atoms with E-state index in [1.807, 2.05) is 72.5 Å². The number of likely N-dealkylation sites (N-methyl/N-ethyl adjacent to an activating group) is 1. The Labute approximate surface area is 161 Å². The van der Waals surface area contributed by atoms with Crippen LogP contribution < -0.4 is 10.2 Å². The van der Waals surface area contributed by atoms with E-state index in [2.05, 4.69) is 5.32 Å². The molecule has 1 amide bonds. The summed E-state index contributed by atoms with van der Waals surface area (Å²) in [6, 6.07) is 19.0. The summed E-state index contributed by atoms with van der Waals surface area (Å²) >= 11 is 1.23. The zero-order valence-corrected chi connectivity index (χ0v) is 15.7. The zero-order valence-electron chi connectivity index (χ0n) is 14.9. The fourth-order valence-corrected chi connectivity index (χ4v) is 3.83. The summed E-state index contributed by atoms with van der Waals surface area (Å²) < 4.78 is 0. The lowest BCUT2D eigenvalue weighted by Gasteiger charge is -2.22. The number of carboxylic acids is 1. The van der Waals surface area contributed by atoms with Crippen LogP contribution in [-0.4, -0.2) is 30.1 Å². The Balaban J connectivity index is 1.80. The maximum absolute atomic E-state index is 12.5. The number of nitrogens with zero attached hydrogens (tertiary/aromatic N) is 1. The second-order valence-corrected chi connectivity index (χ2v) is 6.80. The summed E-state index contributed by atoms with van der Waals surface area (Å²) in [6.45, 7) is 2.79. The molecule has 0 atom stereocenters. The third-order valence-electron chi connectivity index (χ3n) is 4.18. The molecule has 0 bridgehead atoms. The van der Waals surface area contributed by atoms with Crippen LogP contribution in [0.1, 0.15) is 17.3 Å². The molecule has 6 heteroatoms. The fraction of sp³-hybridized carbons (Fsp3) is 0.143. The average molecular weight is 380 g/mol. The monoisotopic (exact) mass is 380 g/mol. The van der Waals surface area contributed by atoms with Crippen molar-refractivity contribution in [3.05, 3.63) is 71.6 Å². The van der Waals surface area contributed by atoms with Gasteiger partial charge in [0, 0.05) is 23.2 Å². The van der Waals surface area contributed by atoms with Crippen molar-refractivity contribution in [3.8, 4) is 11.1 Å². The molecule has 2 aromatic carbocycles. The first-order valence-corrected chi connectivity index (χ1v) is 9.48. The van der Waals surface area contributed by atoms with Gasteiger partial charge in [0.05, 0.1) is 6.54 Å². The molecular formula is C21H20N2O3S. The van der Waals surface area contributed by atoms with Gasteiger partial charge in [0.15, 0.2) is 0 Å². The number of amides is 1. The first kappa shape index (κ1) is 18.7. The van der Waals surface area contributed by atoms with Crippen molar-refractivity contribution in [2.45, 2.75) is 6.92 Å². The van der Waals surface area contributed by atoms with E-state index < -0.39 is 5.97 Å². The van der Waals surface area contributed by atoms with Crippen LogP contribution in [0.4, 0.5) is 10.7 Å². The lowest BCUT2D eigenvalue weighted by molar-refractivity contribution is -0.114. The third kappa shape index (κ3) is 4.35. The number of anilines is 2. The Kier molecular flexibility index (Phi) is 5.88. The van der Waals surface area contributed by atoms with E-state index >= 15 is 0 Å². The van der Waals surface area contributed by atoms with Gasteiger partial charge in [-0.1, -0.05) is 48.5 Å². The van der Waals surface area contributed by atoms with Crippen molar-refractivity contribution in [2.24, 2.45) is 0 Å². The number of benzene rings is 2. The van der Waals surface area contributed by atoms with E-state index in [1.54, 1.807) is 5.38 Å². The summed E-state index contributed by atoms with van der Waals surface area (Å²) in [5.74, 6) is -1.30. The molecule has 0 saturated heterocycles. The van der Waals surface area contributed by atoms with Gasteiger partial charge in [-0.05, 0) is 24.6 Å². The van der Waals surface area contributed by atoms with E-state index in [0.29, 0.717) is 17.1 Å². The van der Waals surface area contributed by atoms with Gasteiger partial charge in [-0.15, -0.1) is 11.3 Å². The molecule has 0 saturated carbocycles. The van der Waals surface area contributed by atoms with Crippen molar-refractivity contribution in [2.75, 3.05) is 23.3 Å². The maximum Gasteiger partial charge on any atom is 0.339 e. The van der Waals surface area contributed by atoms with Gasteiger partial charge < -0.3 is 15.3 Å². The highest BCUT2D eigenvalue weighted by Crippen LogP contribution is 2.35. The number of carboxylic acid groups (broad SMARTS) is 1. The van der Waals surface area contributed by atoms with Gasteiger partial charge in [-0.2, -0.15) is 0 Å². The molecule has 5 nitrogen and oxygen atoms in total. The first-order chi connectivity index (χ1) is 13.1. The number of para-hydroxylation sites is 1. The average Bonchev–Trinajstić information content (AvgIpc) is 3.11. The van der Waals surface area contributed by atoms with Crippen LogP contribution in [0.25, 0.3) is 11.1 Å². The number of rotatable bonds is 7. The lowest BCUT2D eigenvalue weighted by Crippen LogP contribution is -2.33. The molecule has 1 heterocycles. The molecule has 0 radical (unpaired) electrons. The minimum atomic E-state index is -1.05. The highest BCUT2D eigenvalue weighted by Gasteiger charge is 2.21. The van der Waals surface area contributed by atoms with E-state index in [1.165, 1.54) is 11.3 Å². The number of hydrogen-bond donors (Lipinski definition) is 2. The summed E-state index contributed by atoms with van der Waals surface area (Å²) in [5.41, 5.74) is 2.50. The van der Waals surface area contributed by atoms with Crippen molar-refractivity contribution in [1.29, 1.82) is 0 Å². The quantitative estimate of drug-likeness (QED) is 0.629. The number of aromatic carboxylic acids is 1. The molecule has 0 aliphatic rings. The third-order valence-corrected chi connectivity index (χ3v) is 5.08. The molecule has 27 heavy (non-hydrogen) atoms. The fourth-order valence-electron chi connectivity index (χ4n) is 2.86. The highest BCUT2D eigenvalue weighted by atomic mass is 32.1. The van der Waals surface area contributed by atoms with E-state index in [0.717, 1.165) is 11.3 Å². The van der Waals surface area contributed by atoms with E-state index in [9.17, 15) is 14.7 Å². The van der Waals surface area contributed by atoms with Crippen LogP contribution in [0.15, 0.2) is 66.0 Å². The molecular weight excluding hydrogens is 360 g/mol. The largest absolute Gasteiger partial charge is 0.478 e. The summed E-state index contributed by atoms with van der Waals surface area (Å²) in [6.07, 6.45) is 0. The van der Waals surface area contributed by atoms with Crippen LogP contribution in [0.2, 0.25) is 0 Å². The topological polar surface area (TPSA) is 69.6 Å². The van der Waals surface area contributed by atoms with Crippen molar-refractivity contribution >= 4 is 33.9 Å². The molecule has 138 valence electrons. The van der Waals surface area contributed by atoms with E-state index in [-0.39, 0.29) is 18.0 Å². The smallest absolute Gasteiger partial charge is 0.339 e. The minimum absolute atomic E-state index is 0.127. The normalized spacial score (nSPS) is 10.4. The Morgan fingerprint density at radius 3 is 2.26 bits per heavy atom. The Morgan fingerprint density at radius 2 is 1.67 bits per heavy atom.